The van der Waals surface area contributed by atoms with Crippen molar-refractivity contribution in [3.05, 3.63) is 18.3 Å². The van der Waals surface area contributed by atoms with Crippen LogP contribution < -0.4 is 10.1 Å². The molecule has 1 N–H and O–H groups in total. The maximum atomic E-state index is 11.8. The molecule has 0 spiro atoms. The van der Waals surface area contributed by atoms with Crippen LogP contribution in [0.4, 0.5) is 4.79 Å². The monoisotopic (exact) mass is 250 g/mol. The first-order chi connectivity index (χ1) is 8.75. The van der Waals surface area contributed by atoms with Gasteiger partial charge in [-0.2, -0.15) is 0 Å². The van der Waals surface area contributed by atoms with Crippen LogP contribution in [0.3, 0.4) is 0 Å². The van der Waals surface area contributed by atoms with E-state index in [-0.39, 0.29) is 12.1 Å². The largest absolute Gasteiger partial charge is 0.414 e. The highest BCUT2D eigenvalue weighted by Crippen LogP contribution is 2.17. The summed E-state index contributed by atoms with van der Waals surface area (Å²) in [5.41, 5.74) is 0. The lowest BCUT2D eigenvalue weighted by Gasteiger charge is -2.20. The molecule has 1 saturated carbocycles. The van der Waals surface area contributed by atoms with Crippen LogP contribution in [-0.2, 0) is 7.05 Å². The fourth-order valence-corrected chi connectivity index (χ4v) is 2.44. The Morgan fingerprint density at radius 2 is 1.94 bits per heavy atom. The topological polar surface area (TPSA) is 43.3 Å². The van der Waals surface area contributed by atoms with Crippen molar-refractivity contribution in [2.75, 3.05) is 0 Å². The maximum absolute atomic E-state index is 11.8. The smallest absolute Gasteiger partial charge is 0.393 e. The standard InChI is InChI=1S/C14H22N2O2/c1-16-11-7-10-13(16)18-14(17)15-12-8-5-3-2-4-6-9-12/h7,10-12H,2-6,8-9H2,1H3,(H,15,17). The Morgan fingerprint density at radius 3 is 2.56 bits per heavy atom. The van der Waals surface area contributed by atoms with Crippen molar-refractivity contribution in [1.29, 1.82) is 0 Å². The molecule has 100 valence electrons. The van der Waals surface area contributed by atoms with Gasteiger partial charge in [0.15, 0.2) is 0 Å². The summed E-state index contributed by atoms with van der Waals surface area (Å²) in [4.78, 5) is 11.8. The number of carbonyl (C=O) groups excluding carboxylic acids is 1. The Balaban J connectivity index is 1.80. The Hall–Kier alpha value is -1.45. The lowest BCUT2D eigenvalue weighted by atomic mass is 9.97. The van der Waals surface area contributed by atoms with Crippen molar-refractivity contribution in [2.45, 2.75) is 51.0 Å². The van der Waals surface area contributed by atoms with Gasteiger partial charge in [-0.3, -0.25) is 0 Å². The minimum Gasteiger partial charge on any atom is -0.393 e. The molecule has 1 aromatic rings. The molecule has 1 aromatic heterocycles. The first kappa shape index (κ1) is 13.0. The number of rotatable bonds is 2. The first-order valence-corrected chi connectivity index (χ1v) is 6.85. The molecule has 0 aliphatic heterocycles. The number of hydrogen-bond acceptors (Lipinski definition) is 2. The third-order valence-electron chi connectivity index (χ3n) is 3.52. The van der Waals surface area contributed by atoms with Gasteiger partial charge in [-0.25, -0.2) is 4.79 Å². The average Bonchev–Trinajstić information content (AvgIpc) is 2.68. The molecule has 1 amide bonds. The molecule has 1 heterocycles. The summed E-state index contributed by atoms with van der Waals surface area (Å²) in [6, 6.07) is 3.92. The molecule has 0 unspecified atom stereocenters. The van der Waals surface area contributed by atoms with Crippen molar-refractivity contribution in [1.82, 2.24) is 9.88 Å². The van der Waals surface area contributed by atoms with Crippen LogP contribution in [0.1, 0.15) is 44.9 Å². The van der Waals surface area contributed by atoms with E-state index in [1.807, 2.05) is 19.3 Å². The van der Waals surface area contributed by atoms with Gasteiger partial charge in [0, 0.05) is 25.4 Å². The van der Waals surface area contributed by atoms with Crippen molar-refractivity contribution in [3.8, 4) is 5.88 Å². The van der Waals surface area contributed by atoms with Crippen molar-refractivity contribution in [3.63, 3.8) is 0 Å². The van der Waals surface area contributed by atoms with Gasteiger partial charge in [0.2, 0.25) is 5.88 Å². The van der Waals surface area contributed by atoms with Crippen LogP contribution in [0, 0.1) is 0 Å². The Labute approximate surface area is 108 Å². The molecule has 4 nitrogen and oxygen atoms in total. The van der Waals surface area contributed by atoms with E-state index >= 15 is 0 Å². The second-order valence-electron chi connectivity index (χ2n) is 5.03. The summed E-state index contributed by atoms with van der Waals surface area (Å²) < 4.78 is 7.06. The van der Waals surface area contributed by atoms with Crippen molar-refractivity contribution >= 4 is 6.09 Å². The number of nitrogens with one attached hydrogen (secondary N) is 1. The number of ether oxygens (including phenoxy) is 1. The highest BCUT2D eigenvalue weighted by atomic mass is 16.6. The van der Waals surface area contributed by atoms with Crippen molar-refractivity contribution in [2.24, 2.45) is 7.05 Å². The van der Waals surface area contributed by atoms with Gasteiger partial charge in [0.1, 0.15) is 0 Å². The van der Waals surface area contributed by atoms with Crippen LogP contribution in [0.5, 0.6) is 5.88 Å². The first-order valence-electron chi connectivity index (χ1n) is 6.85. The molecule has 0 bridgehead atoms. The number of carbonyl (C=O) groups is 1. The van der Waals surface area contributed by atoms with Gasteiger partial charge in [-0.05, 0) is 18.9 Å². The molecule has 1 aliphatic carbocycles. The highest BCUT2D eigenvalue weighted by molar-refractivity contribution is 5.70. The van der Waals surface area contributed by atoms with Gasteiger partial charge in [0.05, 0.1) is 0 Å². The fourth-order valence-electron chi connectivity index (χ4n) is 2.44. The summed E-state index contributed by atoms with van der Waals surface area (Å²) in [6.07, 6.45) is 9.98. The van der Waals surface area contributed by atoms with Crippen molar-refractivity contribution < 1.29 is 9.53 Å². The van der Waals surface area contributed by atoms with E-state index in [9.17, 15) is 4.79 Å². The van der Waals surface area contributed by atoms with Gasteiger partial charge < -0.3 is 14.6 Å². The van der Waals surface area contributed by atoms with E-state index in [0.29, 0.717) is 5.88 Å². The van der Waals surface area contributed by atoms with Crippen LogP contribution in [0.15, 0.2) is 18.3 Å². The molecular weight excluding hydrogens is 228 g/mol. The molecule has 1 fully saturated rings. The third kappa shape index (κ3) is 3.79. The predicted octanol–water partition coefficient (Wildman–Crippen LogP) is 3.23. The quantitative estimate of drug-likeness (QED) is 0.875. The number of hydrogen-bond donors (Lipinski definition) is 1. The van der Waals surface area contributed by atoms with E-state index in [1.54, 1.807) is 10.6 Å². The second-order valence-corrected chi connectivity index (χ2v) is 5.03. The van der Waals surface area contributed by atoms with Crippen LogP contribution in [0.25, 0.3) is 0 Å². The van der Waals surface area contributed by atoms with E-state index in [1.165, 1.54) is 32.1 Å². The minimum absolute atomic E-state index is 0.276. The van der Waals surface area contributed by atoms with E-state index in [2.05, 4.69) is 5.32 Å². The zero-order valence-corrected chi connectivity index (χ0v) is 11.0. The third-order valence-corrected chi connectivity index (χ3v) is 3.52. The summed E-state index contributed by atoms with van der Waals surface area (Å²) in [5, 5.41) is 2.98. The summed E-state index contributed by atoms with van der Waals surface area (Å²) in [7, 11) is 1.86. The minimum atomic E-state index is -0.331. The van der Waals surface area contributed by atoms with Gasteiger partial charge >= 0.3 is 6.09 Å². The zero-order valence-electron chi connectivity index (χ0n) is 11.0. The predicted molar refractivity (Wildman–Crippen MR) is 70.7 cm³/mol. The summed E-state index contributed by atoms with van der Waals surface area (Å²) in [6.45, 7) is 0. The second kappa shape index (κ2) is 6.47. The molecule has 1 aliphatic rings. The van der Waals surface area contributed by atoms with Crippen LogP contribution >= 0.6 is 0 Å². The Kier molecular flexibility index (Phi) is 4.67. The Morgan fingerprint density at radius 1 is 1.28 bits per heavy atom. The number of amides is 1. The normalized spacial score (nSPS) is 17.8. The molecule has 2 rings (SSSR count). The zero-order chi connectivity index (χ0) is 12.8. The van der Waals surface area contributed by atoms with E-state index in [4.69, 9.17) is 4.74 Å². The summed E-state index contributed by atoms with van der Waals surface area (Å²) >= 11 is 0. The molecule has 0 radical (unpaired) electrons. The summed E-state index contributed by atoms with van der Waals surface area (Å²) in [5.74, 6) is 0.582. The van der Waals surface area contributed by atoms with Crippen LogP contribution in [0.2, 0.25) is 0 Å². The van der Waals surface area contributed by atoms with Crippen LogP contribution in [-0.4, -0.2) is 16.7 Å². The average molecular weight is 250 g/mol. The van der Waals surface area contributed by atoms with E-state index < -0.39 is 0 Å². The Bertz CT molecular complexity index is 379. The fraction of sp³-hybridized carbons (Fsp3) is 0.643. The molecule has 0 aromatic carbocycles. The lowest BCUT2D eigenvalue weighted by molar-refractivity contribution is 0.190. The molecule has 0 atom stereocenters. The highest BCUT2D eigenvalue weighted by Gasteiger charge is 2.15. The van der Waals surface area contributed by atoms with Gasteiger partial charge in [0.25, 0.3) is 0 Å². The molecule has 4 heteroatoms. The number of nitrogens with zero attached hydrogens (tertiary/aromatic N) is 1. The van der Waals surface area contributed by atoms with Gasteiger partial charge in [-0.1, -0.05) is 32.1 Å². The lowest BCUT2D eigenvalue weighted by Crippen LogP contribution is -2.37. The van der Waals surface area contributed by atoms with E-state index in [0.717, 1.165) is 12.8 Å². The number of aryl methyl sites for hydroxylation is 1. The van der Waals surface area contributed by atoms with Gasteiger partial charge in [-0.15, -0.1) is 0 Å². The number of aromatic nitrogens is 1. The molecular formula is C14H22N2O2. The SMILES string of the molecule is Cn1cccc1OC(=O)NC1CCCCCCC1. The maximum Gasteiger partial charge on any atom is 0.414 e. The molecule has 0 saturated heterocycles. The molecule has 18 heavy (non-hydrogen) atoms.